The van der Waals surface area contributed by atoms with Gasteiger partial charge in [0, 0.05) is 44.1 Å². The van der Waals surface area contributed by atoms with Crippen LogP contribution in [0.25, 0.3) is 10.2 Å². The maximum Gasteiger partial charge on any atom is 0.230 e. The lowest BCUT2D eigenvalue weighted by Crippen LogP contribution is -2.50. The molecule has 1 saturated heterocycles. The van der Waals surface area contributed by atoms with Gasteiger partial charge in [0.2, 0.25) is 5.91 Å². The van der Waals surface area contributed by atoms with E-state index in [1.54, 1.807) is 0 Å². The summed E-state index contributed by atoms with van der Waals surface area (Å²) >= 11 is 1.84. The molecule has 1 atom stereocenters. The number of amides is 1. The van der Waals surface area contributed by atoms with Crippen LogP contribution in [0.1, 0.15) is 48.0 Å². The molecule has 33 heavy (non-hydrogen) atoms. The summed E-state index contributed by atoms with van der Waals surface area (Å²) in [4.78, 5) is 32.5. The third-order valence-corrected chi connectivity index (χ3v) is 8.23. The first-order valence-electron chi connectivity index (χ1n) is 12.2. The molecule has 0 N–H and O–H groups in total. The first-order valence-corrected chi connectivity index (χ1v) is 13.0. The van der Waals surface area contributed by atoms with Crippen LogP contribution in [-0.4, -0.2) is 64.9 Å². The van der Waals surface area contributed by atoms with Crippen LogP contribution < -0.4 is 4.90 Å². The van der Waals surface area contributed by atoms with Crippen LogP contribution in [0.4, 0.5) is 5.82 Å². The number of carbonyl (C=O) groups excluding carboxylic acids is 1. The van der Waals surface area contributed by atoms with Gasteiger partial charge in [-0.2, -0.15) is 0 Å². The van der Waals surface area contributed by atoms with E-state index in [1.807, 2.05) is 41.4 Å². The highest BCUT2D eigenvalue weighted by atomic mass is 32.1. The molecule has 2 aromatic heterocycles. The zero-order valence-corrected chi connectivity index (χ0v) is 20.7. The van der Waals surface area contributed by atoms with E-state index in [0.29, 0.717) is 0 Å². The number of fused-ring (bicyclic) bond motifs is 3. The smallest absolute Gasteiger partial charge is 0.230 e. The molecular weight excluding hydrogens is 430 g/mol. The molecule has 0 spiro atoms. The molecule has 0 radical (unpaired) electrons. The zero-order valence-electron chi connectivity index (χ0n) is 19.9. The van der Waals surface area contributed by atoms with E-state index >= 15 is 0 Å². The van der Waals surface area contributed by atoms with Gasteiger partial charge in [0.05, 0.1) is 11.3 Å². The number of benzene rings is 1. The molecule has 4 heterocycles. The van der Waals surface area contributed by atoms with Gasteiger partial charge in [-0.15, -0.1) is 11.3 Å². The van der Waals surface area contributed by atoms with Gasteiger partial charge in [0.25, 0.3) is 0 Å². The number of piperazine rings is 1. The second-order valence-electron chi connectivity index (χ2n) is 9.08. The van der Waals surface area contributed by atoms with Crippen molar-refractivity contribution in [2.75, 3.05) is 44.2 Å². The van der Waals surface area contributed by atoms with Crippen molar-refractivity contribution in [3.05, 3.63) is 52.2 Å². The Morgan fingerprint density at radius 1 is 1.06 bits per heavy atom. The summed E-state index contributed by atoms with van der Waals surface area (Å²) in [7, 11) is 0. The number of thiophene rings is 1. The maximum absolute atomic E-state index is 13.3. The van der Waals surface area contributed by atoms with Crippen molar-refractivity contribution < 1.29 is 4.79 Å². The minimum absolute atomic E-state index is 0.0591. The molecule has 7 heteroatoms. The quantitative estimate of drug-likeness (QED) is 0.567. The Morgan fingerprint density at radius 3 is 2.52 bits per heavy atom. The van der Waals surface area contributed by atoms with Gasteiger partial charge in [-0.05, 0) is 37.4 Å². The van der Waals surface area contributed by atoms with E-state index in [1.165, 1.54) is 15.8 Å². The van der Waals surface area contributed by atoms with Gasteiger partial charge < -0.3 is 9.80 Å². The number of carbonyl (C=O) groups is 1. The second-order valence-corrected chi connectivity index (χ2v) is 10.2. The Labute approximate surface area is 200 Å². The van der Waals surface area contributed by atoms with Crippen LogP contribution in [0.2, 0.25) is 0 Å². The van der Waals surface area contributed by atoms with E-state index in [0.717, 1.165) is 80.7 Å². The topological polar surface area (TPSA) is 52.6 Å². The summed E-state index contributed by atoms with van der Waals surface area (Å²) < 4.78 is 0. The summed E-state index contributed by atoms with van der Waals surface area (Å²) in [5, 5.41) is 1.26. The SMILES string of the molecule is CCC(C(=O)N1CCN(c2nc(C)nc3sc4c(c23)CCN(CC)C4)CC1)c1ccccc1. The monoisotopic (exact) mass is 463 g/mol. The van der Waals surface area contributed by atoms with Gasteiger partial charge in [-0.3, -0.25) is 9.69 Å². The molecule has 0 bridgehead atoms. The summed E-state index contributed by atoms with van der Waals surface area (Å²) in [5.74, 6) is 2.09. The van der Waals surface area contributed by atoms with Gasteiger partial charge >= 0.3 is 0 Å². The molecule has 1 aromatic carbocycles. The van der Waals surface area contributed by atoms with Crippen molar-refractivity contribution in [2.45, 2.75) is 46.1 Å². The third-order valence-electron chi connectivity index (χ3n) is 7.12. The van der Waals surface area contributed by atoms with Gasteiger partial charge in [-0.1, -0.05) is 44.2 Å². The predicted octanol–water partition coefficient (Wildman–Crippen LogP) is 4.22. The maximum atomic E-state index is 13.3. The molecule has 1 unspecified atom stereocenters. The Balaban J connectivity index is 1.36. The molecule has 2 aliphatic heterocycles. The largest absolute Gasteiger partial charge is 0.352 e. The van der Waals surface area contributed by atoms with Crippen molar-refractivity contribution in [1.29, 1.82) is 0 Å². The average Bonchev–Trinajstić information content (AvgIpc) is 3.21. The van der Waals surface area contributed by atoms with Crippen molar-refractivity contribution in [2.24, 2.45) is 0 Å². The Bertz CT molecular complexity index is 1140. The first kappa shape index (κ1) is 22.3. The fourth-order valence-corrected chi connectivity index (χ4v) is 6.53. The Kier molecular flexibility index (Phi) is 6.34. The summed E-state index contributed by atoms with van der Waals surface area (Å²) in [6, 6.07) is 10.2. The minimum Gasteiger partial charge on any atom is -0.352 e. The lowest BCUT2D eigenvalue weighted by atomic mass is 9.95. The van der Waals surface area contributed by atoms with Crippen LogP contribution in [0.3, 0.4) is 0 Å². The van der Waals surface area contributed by atoms with Gasteiger partial charge in [-0.25, -0.2) is 9.97 Å². The third kappa shape index (κ3) is 4.24. The molecule has 0 aliphatic carbocycles. The number of hydrogen-bond donors (Lipinski definition) is 0. The van der Waals surface area contributed by atoms with Crippen LogP contribution in [0.15, 0.2) is 30.3 Å². The summed E-state index contributed by atoms with van der Waals surface area (Å²) in [6.45, 7) is 12.6. The fraction of sp³-hybridized carbons (Fsp3) is 0.500. The molecular formula is C26H33N5OS. The van der Waals surface area contributed by atoms with Gasteiger partial charge in [0.1, 0.15) is 16.5 Å². The number of aryl methyl sites for hydroxylation is 1. The average molecular weight is 464 g/mol. The van der Waals surface area contributed by atoms with E-state index in [-0.39, 0.29) is 11.8 Å². The van der Waals surface area contributed by atoms with Crippen LogP contribution >= 0.6 is 11.3 Å². The van der Waals surface area contributed by atoms with Crippen molar-refractivity contribution in [1.82, 2.24) is 19.8 Å². The Morgan fingerprint density at radius 2 is 1.82 bits per heavy atom. The van der Waals surface area contributed by atoms with Crippen LogP contribution in [0.5, 0.6) is 0 Å². The van der Waals surface area contributed by atoms with Crippen LogP contribution in [0, 0.1) is 6.92 Å². The number of likely N-dealkylation sites (N-methyl/N-ethyl adjacent to an activating group) is 1. The fourth-order valence-electron chi connectivity index (χ4n) is 5.23. The Hall–Kier alpha value is -2.51. The second kappa shape index (κ2) is 9.39. The number of rotatable bonds is 5. The molecule has 0 saturated carbocycles. The van der Waals surface area contributed by atoms with Crippen LogP contribution in [-0.2, 0) is 17.8 Å². The molecule has 5 rings (SSSR count). The standard InChI is InChI=1S/C26H33N5OS/c1-4-20(19-9-7-6-8-10-19)26(32)31-15-13-30(14-16-31)24-23-21-11-12-29(5-2)17-22(21)33-25(23)28-18(3)27-24/h6-10,20H,4-5,11-17H2,1-3H3. The highest BCUT2D eigenvalue weighted by Crippen LogP contribution is 2.39. The highest BCUT2D eigenvalue weighted by molar-refractivity contribution is 7.19. The molecule has 2 aliphatic rings. The molecule has 174 valence electrons. The zero-order chi connectivity index (χ0) is 22.9. The highest BCUT2D eigenvalue weighted by Gasteiger charge is 2.30. The lowest BCUT2D eigenvalue weighted by Gasteiger charge is -2.37. The molecule has 1 amide bonds. The molecule has 6 nitrogen and oxygen atoms in total. The van der Waals surface area contributed by atoms with E-state index in [9.17, 15) is 4.79 Å². The number of hydrogen-bond acceptors (Lipinski definition) is 6. The van der Waals surface area contributed by atoms with E-state index in [4.69, 9.17) is 9.97 Å². The number of nitrogens with zero attached hydrogens (tertiary/aromatic N) is 5. The van der Waals surface area contributed by atoms with Crippen molar-refractivity contribution >= 4 is 33.3 Å². The minimum atomic E-state index is -0.0591. The summed E-state index contributed by atoms with van der Waals surface area (Å²) in [5.41, 5.74) is 2.56. The van der Waals surface area contributed by atoms with E-state index < -0.39 is 0 Å². The number of aromatic nitrogens is 2. The van der Waals surface area contributed by atoms with Gasteiger partial charge in [0.15, 0.2) is 0 Å². The molecule has 1 fully saturated rings. The van der Waals surface area contributed by atoms with Crippen molar-refractivity contribution in [3.63, 3.8) is 0 Å². The molecule has 3 aromatic rings. The first-order chi connectivity index (χ1) is 16.1. The lowest BCUT2D eigenvalue weighted by molar-refractivity contribution is -0.133. The predicted molar refractivity (Wildman–Crippen MR) is 135 cm³/mol. The van der Waals surface area contributed by atoms with Crippen molar-refractivity contribution in [3.8, 4) is 0 Å². The number of anilines is 1. The van der Waals surface area contributed by atoms with E-state index in [2.05, 4.69) is 35.8 Å². The summed E-state index contributed by atoms with van der Waals surface area (Å²) in [6.07, 6.45) is 1.89. The normalized spacial score (nSPS) is 17.9.